The fraction of sp³-hybridized carbons (Fsp3) is 0.333. The molecule has 0 saturated carbocycles. The highest BCUT2D eigenvalue weighted by Crippen LogP contribution is 2.30. The molecule has 0 atom stereocenters. The fourth-order valence-electron chi connectivity index (χ4n) is 1.55. The number of nitrogens with zero attached hydrogens (tertiary/aromatic N) is 2. The van der Waals surface area contributed by atoms with E-state index in [9.17, 15) is 0 Å². The highest BCUT2D eigenvalue weighted by Gasteiger charge is 2.10. The van der Waals surface area contributed by atoms with Crippen molar-refractivity contribution in [1.29, 1.82) is 0 Å². The SMILES string of the molecule is CC(C)(C)NCc1cncc(Oc2ccc(Cl)cc2Br)n1. The van der Waals surface area contributed by atoms with E-state index in [2.05, 4.69) is 52.0 Å². The van der Waals surface area contributed by atoms with Crippen LogP contribution < -0.4 is 10.1 Å². The summed E-state index contributed by atoms with van der Waals surface area (Å²) in [5, 5.41) is 4.01. The number of nitrogens with one attached hydrogen (secondary N) is 1. The highest BCUT2D eigenvalue weighted by molar-refractivity contribution is 9.10. The van der Waals surface area contributed by atoms with Gasteiger partial charge in [-0.25, -0.2) is 4.98 Å². The maximum Gasteiger partial charge on any atom is 0.238 e. The summed E-state index contributed by atoms with van der Waals surface area (Å²) in [6.45, 7) is 6.94. The number of rotatable bonds is 4. The van der Waals surface area contributed by atoms with Gasteiger partial charge in [-0.15, -0.1) is 0 Å². The first-order valence-corrected chi connectivity index (χ1v) is 7.69. The summed E-state index contributed by atoms with van der Waals surface area (Å²) in [4.78, 5) is 8.59. The quantitative estimate of drug-likeness (QED) is 0.856. The summed E-state index contributed by atoms with van der Waals surface area (Å²) < 4.78 is 6.50. The summed E-state index contributed by atoms with van der Waals surface area (Å²) >= 11 is 9.32. The number of ether oxygens (including phenoxy) is 1. The van der Waals surface area contributed by atoms with Crippen molar-refractivity contribution in [2.75, 3.05) is 0 Å². The second-order valence-electron chi connectivity index (χ2n) is 5.63. The molecule has 2 rings (SSSR count). The molecule has 1 heterocycles. The van der Waals surface area contributed by atoms with Crippen molar-refractivity contribution in [1.82, 2.24) is 15.3 Å². The van der Waals surface area contributed by atoms with Gasteiger partial charge in [-0.3, -0.25) is 4.98 Å². The molecule has 0 amide bonds. The standard InChI is InChI=1S/C15H17BrClN3O/c1-15(2,3)19-8-11-7-18-9-14(20-11)21-13-5-4-10(17)6-12(13)16/h4-7,9,19H,8H2,1-3H3. The van der Waals surface area contributed by atoms with Crippen molar-refractivity contribution < 1.29 is 4.74 Å². The zero-order chi connectivity index (χ0) is 15.5. The van der Waals surface area contributed by atoms with Crippen LogP contribution in [-0.2, 0) is 6.54 Å². The van der Waals surface area contributed by atoms with Crippen molar-refractivity contribution in [2.45, 2.75) is 32.9 Å². The van der Waals surface area contributed by atoms with E-state index < -0.39 is 0 Å². The maximum atomic E-state index is 5.91. The lowest BCUT2D eigenvalue weighted by molar-refractivity contribution is 0.414. The lowest BCUT2D eigenvalue weighted by Crippen LogP contribution is -2.35. The average molecular weight is 371 g/mol. The maximum absolute atomic E-state index is 5.91. The van der Waals surface area contributed by atoms with Crippen LogP contribution in [-0.4, -0.2) is 15.5 Å². The molecule has 0 bridgehead atoms. The molecule has 1 aromatic carbocycles. The summed E-state index contributed by atoms with van der Waals surface area (Å²) in [5.41, 5.74) is 0.852. The lowest BCUT2D eigenvalue weighted by atomic mass is 10.1. The van der Waals surface area contributed by atoms with Gasteiger partial charge < -0.3 is 10.1 Å². The highest BCUT2D eigenvalue weighted by atomic mass is 79.9. The third-order valence-corrected chi connectivity index (χ3v) is 3.43. The Morgan fingerprint density at radius 3 is 2.71 bits per heavy atom. The molecule has 6 heteroatoms. The van der Waals surface area contributed by atoms with Crippen LogP contribution in [0.2, 0.25) is 5.02 Å². The van der Waals surface area contributed by atoms with E-state index >= 15 is 0 Å². The first-order chi connectivity index (χ1) is 9.83. The summed E-state index contributed by atoms with van der Waals surface area (Å²) in [5.74, 6) is 1.10. The smallest absolute Gasteiger partial charge is 0.238 e. The minimum absolute atomic E-state index is 0.0255. The number of hydrogen-bond acceptors (Lipinski definition) is 4. The minimum atomic E-state index is 0.0255. The van der Waals surface area contributed by atoms with Gasteiger partial charge in [0.2, 0.25) is 5.88 Å². The van der Waals surface area contributed by atoms with Gasteiger partial charge >= 0.3 is 0 Å². The van der Waals surface area contributed by atoms with Gasteiger partial charge in [-0.1, -0.05) is 11.6 Å². The summed E-state index contributed by atoms with van der Waals surface area (Å²) in [6.07, 6.45) is 3.31. The molecule has 0 radical (unpaired) electrons. The van der Waals surface area contributed by atoms with Crippen LogP contribution >= 0.6 is 27.5 Å². The third-order valence-electron chi connectivity index (χ3n) is 2.57. The molecule has 112 valence electrons. The van der Waals surface area contributed by atoms with Gasteiger partial charge in [-0.2, -0.15) is 0 Å². The van der Waals surface area contributed by atoms with Gasteiger partial charge in [0.1, 0.15) is 5.75 Å². The zero-order valence-corrected chi connectivity index (χ0v) is 14.5. The van der Waals surface area contributed by atoms with Crippen LogP contribution in [0.5, 0.6) is 11.6 Å². The molecule has 0 spiro atoms. The van der Waals surface area contributed by atoms with Crippen LogP contribution in [0.15, 0.2) is 35.1 Å². The molecule has 0 saturated heterocycles. The van der Waals surface area contributed by atoms with E-state index in [1.54, 1.807) is 30.6 Å². The van der Waals surface area contributed by atoms with Gasteiger partial charge in [0.15, 0.2) is 0 Å². The van der Waals surface area contributed by atoms with Crippen LogP contribution in [0.4, 0.5) is 0 Å². The van der Waals surface area contributed by atoms with E-state index in [1.807, 2.05) is 0 Å². The molecule has 4 nitrogen and oxygen atoms in total. The van der Waals surface area contributed by atoms with Gasteiger partial charge in [0.25, 0.3) is 0 Å². The Bertz CT molecular complexity index is 629. The Hall–Kier alpha value is -1.17. The van der Waals surface area contributed by atoms with E-state index in [0.29, 0.717) is 23.2 Å². The van der Waals surface area contributed by atoms with Crippen molar-refractivity contribution in [2.24, 2.45) is 0 Å². The first kappa shape index (κ1) is 16.2. The molecular weight excluding hydrogens is 354 g/mol. The second kappa shape index (κ2) is 6.73. The number of hydrogen-bond donors (Lipinski definition) is 1. The molecule has 1 N–H and O–H groups in total. The predicted octanol–water partition coefficient (Wildman–Crippen LogP) is 4.57. The zero-order valence-electron chi connectivity index (χ0n) is 12.2. The molecular formula is C15H17BrClN3O. The molecule has 21 heavy (non-hydrogen) atoms. The fourth-order valence-corrected chi connectivity index (χ4v) is 2.31. The Balaban J connectivity index is 2.10. The third kappa shape index (κ3) is 5.26. The molecule has 1 aromatic heterocycles. The van der Waals surface area contributed by atoms with Gasteiger partial charge in [0.05, 0.1) is 16.4 Å². The van der Waals surface area contributed by atoms with Gasteiger partial charge in [0, 0.05) is 23.3 Å². The topological polar surface area (TPSA) is 47.0 Å². The summed E-state index contributed by atoms with van der Waals surface area (Å²) in [6, 6.07) is 5.32. The van der Waals surface area contributed by atoms with Crippen LogP contribution in [0.1, 0.15) is 26.5 Å². The van der Waals surface area contributed by atoms with Crippen molar-refractivity contribution in [3.63, 3.8) is 0 Å². The number of halogens is 2. The number of aromatic nitrogens is 2. The average Bonchev–Trinajstić information content (AvgIpc) is 2.39. The predicted molar refractivity (Wildman–Crippen MR) is 87.9 cm³/mol. The Morgan fingerprint density at radius 1 is 1.29 bits per heavy atom. The molecule has 2 aromatic rings. The molecule has 0 fully saturated rings. The van der Waals surface area contributed by atoms with E-state index in [4.69, 9.17) is 16.3 Å². The van der Waals surface area contributed by atoms with Crippen LogP contribution in [0, 0.1) is 0 Å². The monoisotopic (exact) mass is 369 g/mol. The minimum Gasteiger partial charge on any atom is -0.436 e. The summed E-state index contributed by atoms with van der Waals surface area (Å²) in [7, 11) is 0. The van der Waals surface area contributed by atoms with E-state index in [1.165, 1.54) is 0 Å². The lowest BCUT2D eigenvalue weighted by Gasteiger charge is -2.20. The Morgan fingerprint density at radius 2 is 2.05 bits per heavy atom. The van der Waals surface area contributed by atoms with E-state index in [0.717, 1.165) is 10.2 Å². The van der Waals surface area contributed by atoms with Gasteiger partial charge in [-0.05, 0) is 54.9 Å². The molecule has 0 aliphatic carbocycles. The van der Waals surface area contributed by atoms with Crippen molar-refractivity contribution in [3.05, 3.63) is 45.8 Å². The largest absolute Gasteiger partial charge is 0.436 e. The Kier molecular flexibility index (Phi) is 5.19. The molecule has 0 aliphatic heterocycles. The van der Waals surface area contributed by atoms with Crippen molar-refractivity contribution >= 4 is 27.5 Å². The molecule has 0 aliphatic rings. The number of benzene rings is 1. The van der Waals surface area contributed by atoms with Crippen LogP contribution in [0.25, 0.3) is 0 Å². The van der Waals surface area contributed by atoms with Crippen LogP contribution in [0.3, 0.4) is 0 Å². The molecule has 0 unspecified atom stereocenters. The Labute approximate surface area is 138 Å². The first-order valence-electron chi connectivity index (χ1n) is 6.52. The second-order valence-corrected chi connectivity index (χ2v) is 6.92. The van der Waals surface area contributed by atoms with E-state index in [-0.39, 0.29) is 5.54 Å². The normalized spacial score (nSPS) is 11.5. The van der Waals surface area contributed by atoms with Crippen molar-refractivity contribution in [3.8, 4) is 11.6 Å².